The van der Waals surface area contributed by atoms with Crippen molar-refractivity contribution in [3.05, 3.63) is 59.7 Å². The lowest BCUT2D eigenvalue weighted by atomic mass is 9.79. The first-order valence-corrected chi connectivity index (χ1v) is 11.4. The highest BCUT2D eigenvalue weighted by molar-refractivity contribution is 5.66. The maximum Gasteiger partial charge on any atom is 0.163 e. The molecular weight excluding hydrogens is 426 g/mol. The van der Waals surface area contributed by atoms with E-state index in [0.29, 0.717) is 5.69 Å². The molecule has 1 unspecified atom stereocenters. The van der Waals surface area contributed by atoms with Crippen LogP contribution in [-0.4, -0.2) is 48.9 Å². The average Bonchev–Trinajstić information content (AvgIpc) is 3.26. The number of hydrogen-bond donors (Lipinski definition) is 1. The molecule has 5 heterocycles. The van der Waals surface area contributed by atoms with E-state index in [0.717, 1.165) is 59.3 Å². The number of pyridine rings is 1. The SMILES string of the molecule is Cc1cc(-c2cc3ncc(C)c(NC4CCN(c5ccc(C#N)nn5)CC4(C)C)n3n2)ccn1. The van der Waals surface area contributed by atoms with Gasteiger partial charge >= 0.3 is 0 Å². The van der Waals surface area contributed by atoms with E-state index in [1.165, 1.54) is 0 Å². The van der Waals surface area contributed by atoms with Crippen LogP contribution >= 0.6 is 0 Å². The van der Waals surface area contributed by atoms with Gasteiger partial charge in [0.2, 0.25) is 0 Å². The minimum absolute atomic E-state index is 0.0476. The number of nitrogens with one attached hydrogen (secondary N) is 1. The summed E-state index contributed by atoms with van der Waals surface area (Å²) in [5, 5.41) is 25.9. The van der Waals surface area contributed by atoms with E-state index in [-0.39, 0.29) is 11.5 Å². The zero-order valence-corrected chi connectivity index (χ0v) is 19.8. The van der Waals surface area contributed by atoms with Gasteiger partial charge in [-0.2, -0.15) is 14.9 Å². The molecule has 0 aromatic carbocycles. The van der Waals surface area contributed by atoms with Crippen LogP contribution in [0.4, 0.5) is 11.6 Å². The first-order valence-electron chi connectivity index (χ1n) is 11.4. The zero-order valence-electron chi connectivity index (χ0n) is 19.8. The van der Waals surface area contributed by atoms with E-state index in [1.807, 2.05) is 48.0 Å². The Hall–Kier alpha value is -4.06. The van der Waals surface area contributed by atoms with E-state index < -0.39 is 0 Å². The molecule has 1 atom stereocenters. The lowest BCUT2D eigenvalue weighted by Crippen LogP contribution is -2.52. The van der Waals surface area contributed by atoms with Crippen LogP contribution in [0.1, 0.15) is 37.2 Å². The molecule has 0 spiro atoms. The van der Waals surface area contributed by atoms with Gasteiger partial charge < -0.3 is 10.2 Å². The summed E-state index contributed by atoms with van der Waals surface area (Å²) in [5.41, 5.74) is 4.99. The maximum absolute atomic E-state index is 8.98. The number of piperidine rings is 1. The van der Waals surface area contributed by atoms with Crippen LogP contribution in [0.15, 0.2) is 42.7 Å². The van der Waals surface area contributed by atoms with Crippen molar-refractivity contribution in [3.63, 3.8) is 0 Å². The van der Waals surface area contributed by atoms with E-state index in [4.69, 9.17) is 10.4 Å². The summed E-state index contributed by atoms with van der Waals surface area (Å²) >= 11 is 0. The molecule has 172 valence electrons. The molecule has 4 aromatic rings. The van der Waals surface area contributed by atoms with Crippen LogP contribution in [-0.2, 0) is 0 Å². The number of nitrogens with zero attached hydrogens (tertiary/aromatic N) is 8. The number of fused-ring (bicyclic) bond motifs is 1. The van der Waals surface area contributed by atoms with Gasteiger partial charge in [-0.15, -0.1) is 10.2 Å². The average molecular weight is 454 g/mol. The van der Waals surface area contributed by atoms with Crippen molar-refractivity contribution in [1.29, 1.82) is 5.26 Å². The van der Waals surface area contributed by atoms with Crippen LogP contribution < -0.4 is 10.2 Å². The molecule has 5 rings (SSSR count). The molecule has 1 aliphatic rings. The maximum atomic E-state index is 8.98. The molecule has 1 N–H and O–H groups in total. The number of nitriles is 1. The third kappa shape index (κ3) is 4.03. The Balaban J connectivity index is 1.41. The highest BCUT2D eigenvalue weighted by Crippen LogP contribution is 2.34. The Bertz CT molecular complexity index is 1380. The van der Waals surface area contributed by atoms with Crippen molar-refractivity contribution in [2.75, 3.05) is 23.3 Å². The first kappa shape index (κ1) is 21.8. The lowest BCUT2D eigenvalue weighted by Gasteiger charge is -2.45. The number of rotatable bonds is 4. The fourth-order valence-corrected chi connectivity index (χ4v) is 4.58. The molecule has 0 bridgehead atoms. The summed E-state index contributed by atoms with van der Waals surface area (Å²) in [6, 6.07) is 11.9. The predicted molar refractivity (Wildman–Crippen MR) is 130 cm³/mol. The molecule has 1 saturated heterocycles. The van der Waals surface area contributed by atoms with Gasteiger partial charge in [-0.1, -0.05) is 13.8 Å². The van der Waals surface area contributed by atoms with Crippen molar-refractivity contribution in [2.45, 2.75) is 40.2 Å². The van der Waals surface area contributed by atoms with Crippen LogP contribution in [0.25, 0.3) is 16.9 Å². The highest BCUT2D eigenvalue weighted by Gasteiger charge is 2.37. The minimum atomic E-state index is -0.0476. The summed E-state index contributed by atoms with van der Waals surface area (Å²) in [5.74, 6) is 1.77. The second kappa shape index (κ2) is 8.37. The number of hydrogen-bond acceptors (Lipinski definition) is 8. The number of aryl methyl sites for hydroxylation is 2. The largest absolute Gasteiger partial charge is 0.366 e. The summed E-state index contributed by atoms with van der Waals surface area (Å²) in [4.78, 5) is 11.1. The van der Waals surface area contributed by atoms with Crippen molar-refractivity contribution in [3.8, 4) is 17.3 Å². The lowest BCUT2D eigenvalue weighted by molar-refractivity contribution is 0.259. The number of anilines is 2. The molecular formula is C25H27N9. The quantitative estimate of drug-likeness (QED) is 0.497. The van der Waals surface area contributed by atoms with Crippen molar-refractivity contribution in [1.82, 2.24) is 29.8 Å². The van der Waals surface area contributed by atoms with Crippen LogP contribution in [0.5, 0.6) is 0 Å². The second-order valence-corrected chi connectivity index (χ2v) is 9.56. The smallest absolute Gasteiger partial charge is 0.163 e. The summed E-state index contributed by atoms with van der Waals surface area (Å²) in [6.07, 6.45) is 4.63. The molecule has 1 aliphatic heterocycles. The van der Waals surface area contributed by atoms with Gasteiger partial charge in [-0.3, -0.25) is 4.98 Å². The van der Waals surface area contributed by atoms with Crippen molar-refractivity contribution >= 4 is 17.3 Å². The van der Waals surface area contributed by atoms with Crippen LogP contribution in [0.2, 0.25) is 0 Å². The Kier molecular flexibility index (Phi) is 5.36. The topological polar surface area (TPSA) is 108 Å². The molecule has 0 saturated carbocycles. The molecule has 0 amide bonds. The van der Waals surface area contributed by atoms with Gasteiger partial charge in [0.25, 0.3) is 0 Å². The van der Waals surface area contributed by atoms with Gasteiger partial charge in [-0.25, -0.2) is 4.98 Å². The Morgan fingerprint density at radius 1 is 1.12 bits per heavy atom. The molecule has 34 heavy (non-hydrogen) atoms. The standard InChI is InChI=1S/C25H27N9/c1-16-14-28-23-12-20(18-7-9-27-17(2)11-18)32-34(23)24(16)29-21-8-10-33(15-25(21,3)4)22-6-5-19(13-26)30-31-22/h5-7,9,11-12,14,21,29H,8,10,15H2,1-4H3. The molecule has 4 aromatic heterocycles. The van der Waals surface area contributed by atoms with Gasteiger partial charge in [-0.05, 0) is 44.5 Å². The third-order valence-corrected chi connectivity index (χ3v) is 6.49. The molecule has 1 fully saturated rings. The Morgan fingerprint density at radius 3 is 2.68 bits per heavy atom. The monoisotopic (exact) mass is 453 g/mol. The fraction of sp³-hybridized carbons (Fsp3) is 0.360. The molecule has 0 radical (unpaired) electrons. The molecule has 9 heteroatoms. The summed E-state index contributed by atoms with van der Waals surface area (Å²) in [6.45, 7) is 10.2. The van der Waals surface area contributed by atoms with Gasteiger partial charge in [0.15, 0.2) is 17.2 Å². The minimum Gasteiger partial charge on any atom is -0.366 e. The zero-order chi connectivity index (χ0) is 23.9. The van der Waals surface area contributed by atoms with Gasteiger partial charge in [0.1, 0.15) is 11.9 Å². The van der Waals surface area contributed by atoms with Gasteiger partial charge in [0, 0.05) is 59.8 Å². The third-order valence-electron chi connectivity index (χ3n) is 6.49. The fourth-order valence-electron chi connectivity index (χ4n) is 4.58. The van der Waals surface area contributed by atoms with E-state index >= 15 is 0 Å². The molecule has 9 nitrogen and oxygen atoms in total. The second-order valence-electron chi connectivity index (χ2n) is 9.56. The molecule has 0 aliphatic carbocycles. The Labute approximate surface area is 198 Å². The highest BCUT2D eigenvalue weighted by atomic mass is 15.3. The van der Waals surface area contributed by atoms with Crippen LogP contribution in [0.3, 0.4) is 0 Å². The van der Waals surface area contributed by atoms with Crippen molar-refractivity contribution in [2.24, 2.45) is 5.41 Å². The normalized spacial score (nSPS) is 17.5. The van der Waals surface area contributed by atoms with Crippen LogP contribution in [0, 0.1) is 30.6 Å². The summed E-state index contributed by atoms with van der Waals surface area (Å²) < 4.78 is 1.91. The van der Waals surface area contributed by atoms with E-state index in [2.05, 4.69) is 51.2 Å². The summed E-state index contributed by atoms with van der Waals surface area (Å²) in [7, 11) is 0. The predicted octanol–water partition coefficient (Wildman–Crippen LogP) is 3.79. The Morgan fingerprint density at radius 2 is 1.97 bits per heavy atom. The van der Waals surface area contributed by atoms with E-state index in [1.54, 1.807) is 12.3 Å². The first-order chi connectivity index (χ1) is 16.3. The van der Waals surface area contributed by atoms with E-state index in [9.17, 15) is 0 Å². The van der Waals surface area contributed by atoms with Crippen molar-refractivity contribution < 1.29 is 0 Å². The number of aromatic nitrogens is 6. The van der Waals surface area contributed by atoms with Gasteiger partial charge in [0.05, 0.1) is 5.69 Å².